The van der Waals surface area contributed by atoms with Crippen LogP contribution in [0.5, 0.6) is 0 Å². The van der Waals surface area contributed by atoms with E-state index in [1.54, 1.807) is 37.3 Å². The van der Waals surface area contributed by atoms with Crippen LogP contribution in [0, 0.1) is 6.08 Å². The fourth-order valence-corrected chi connectivity index (χ4v) is 0.922. The molecule has 0 aliphatic heterocycles. The Morgan fingerprint density at radius 3 is 2.64 bits per heavy atom. The molecular formula is C11H10O3. The molecule has 0 bridgehead atoms. The quantitative estimate of drug-likeness (QED) is 0.306. The molecule has 1 aromatic rings. The topological polar surface area (TPSA) is 49.4 Å². The molecule has 0 aromatic heterocycles. The second-order valence-corrected chi connectivity index (χ2v) is 2.54. The van der Waals surface area contributed by atoms with Crippen LogP contribution in [0.1, 0.15) is 12.5 Å². The van der Waals surface area contributed by atoms with Crippen molar-refractivity contribution in [2.24, 2.45) is 0 Å². The van der Waals surface area contributed by atoms with Crippen LogP contribution in [0.15, 0.2) is 30.3 Å². The van der Waals surface area contributed by atoms with E-state index in [0.29, 0.717) is 5.56 Å². The van der Waals surface area contributed by atoms with Gasteiger partial charge < -0.3 is 9.84 Å². The molecule has 0 atom stereocenters. The zero-order valence-corrected chi connectivity index (χ0v) is 7.82. The van der Waals surface area contributed by atoms with Crippen LogP contribution in [0.4, 0.5) is 0 Å². The van der Waals surface area contributed by atoms with E-state index < -0.39 is 11.7 Å². The first kappa shape index (κ1) is 10.2. The van der Waals surface area contributed by atoms with Crippen LogP contribution in [0.25, 0.3) is 5.76 Å². The third-order valence-electron chi connectivity index (χ3n) is 1.53. The highest BCUT2D eigenvalue weighted by Crippen LogP contribution is 2.06. The van der Waals surface area contributed by atoms with Crippen LogP contribution < -0.4 is 5.11 Å². The van der Waals surface area contributed by atoms with E-state index in [-0.39, 0.29) is 6.61 Å². The van der Waals surface area contributed by atoms with E-state index >= 15 is 0 Å². The van der Waals surface area contributed by atoms with E-state index in [9.17, 15) is 9.90 Å². The Morgan fingerprint density at radius 1 is 1.43 bits per heavy atom. The minimum absolute atomic E-state index is 0.244. The average molecular weight is 190 g/mol. The molecule has 0 amide bonds. The summed E-state index contributed by atoms with van der Waals surface area (Å²) in [5, 5.41) is 11.3. The van der Waals surface area contributed by atoms with Crippen LogP contribution in [0.3, 0.4) is 0 Å². The molecule has 0 aliphatic rings. The lowest BCUT2D eigenvalue weighted by atomic mass is 10.2. The lowest BCUT2D eigenvalue weighted by Gasteiger charge is -1.98. The molecule has 0 unspecified atom stereocenters. The van der Waals surface area contributed by atoms with Gasteiger partial charge in [0.1, 0.15) is 11.3 Å². The summed E-state index contributed by atoms with van der Waals surface area (Å²) in [4.78, 5) is 10.9. The SMILES string of the molecule is CCOC(=O)[C+]=C([O-])c1ccccc1. The Labute approximate surface area is 82.6 Å². The number of ether oxygens (including phenoxy) is 1. The van der Waals surface area contributed by atoms with E-state index in [1.807, 2.05) is 0 Å². The molecule has 0 saturated carbocycles. The maximum absolute atomic E-state index is 11.3. The van der Waals surface area contributed by atoms with Gasteiger partial charge in [0, 0.05) is 12.1 Å². The average Bonchev–Trinajstić information content (AvgIpc) is 2.19. The van der Waals surface area contributed by atoms with Crippen LogP contribution in [-0.2, 0) is 9.53 Å². The van der Waals surface area contributed by atoms with Gasteiger partial charge in [-0.3, -0.25) is 0 Å². The summed E-state index contributed by atoms with van der Waals surface area (Å²) in [5.74, 6) is -1.18. The van der Waals surface area contributed by atoms with Gasteiger partial charge in [-0.1, -0.05) is 6.07 Å². The van der Waals surface area contributed by atoms with Gasteiger partial charge in [0.25, 0.3) is 0 Å². The third-order valence-corrected chi connectivity index (χ3v) is 1.53. The number of hydrogen-bond acceptors (Lipinski definition) is 3. The number of benzene rings is 1. The maximum Gasteiger partial charge on any atom is 0.481 e. The van der Waals surface area contributed by atoms with Crippen molar-refractivity contribution in [3.8, 4) is 0 Å². The summed E-state index contributed by atoms with van der Waals surface area (Å²) >= 11 is 0. The van der Waals surface area contributed by atoms with Gasteiger partial charge in [-0.15, -0.1) is 0 Å². The van der Waals surface area contributed by atoms with Crippen LogP contribution in [0.2, 0.25) is 0 Å². The minimum atomic E-state index is -0.721. The summed E-state index contributed by atoms with van der Waals surface area (Å²) in [6, 6.07) is 8.48. The number of hydrogen-bond donors (Lipinski definition) is 0. The maximum atomic E-state index is 11.3. The normalized spacial score (nSPS) is 10.5. The Balaban J connectivity index is 2.75. The second kappa shape index (κ2) is 5.00. The lowest BCUT2D eigenvalue weighted by molar-refractivity contribution is -0.244. The fraction of sp³-hybridized carbons (Fsp3) is 0.182. The highest BCUT2D eigenvalue weighted by atomic mass is 16.5. The van der Waals surface area contributed by atoms with Crippen molar-refractivity contribution in [3.63, 3.8) is 0 Å². The van der Waals surface area contributed by atoms with Gasteiger partial charge in [0.2, 0.25) is 0 Å². The van der Waals surface area contributed by atoms with Crippen molar-refractivity contribution in [1.82, 2.24) is 0 Å². The van der Waals surface area contributed by atoms with Crippen molar-refractivity contribution >= 4 is 11.7 Å². The molecule has 0 heterocycles. The van der Waals surface area contributed by atoms with Crippen molar-refractivity contribution in [2.45, 2.75) is 6.92 Å². The first-order valence-electron chi connectivity index (χ1n) is 4.27. The molecule has 72 valence electrons. The molecule has 1 aromatic carbocycles. The van der Waals surface area contributed by atoms with Gasteiger partial charge in [-0.25, -0.2) is 4.79 Å². The smallest absolute Gasteiger partial charge is 0.481 e. The molecule has 3 heteroatoms. The van der Waals surface area contributed by atoms with Gasteiger partial charge >= 0.3 is 5.97 Å². The van der Waals surface area contributed by atoms with Crippen molar-refractivity contribution in [3.05, 3.63) is 42.0 Å². The molecule has 3 nitrogen and oxygen atoms in total. The van der Waals surface area contributed by atoms with Crippen molar-refractivity contribution < 1.29 is 14.6 Å². The van der Waals surface area contributed by atoms with Gasteiger partial charge in [-0.2, -0.15) is 0 Å². The highest BCUT2D eigenvalue weighted by Gasteiger charge is 2.09. The first-order chi connectivity index (χ1) is 6.74. The van der Waals surface area contributed by atoms with E-state index in [2.05, 4.69) is 10.8 Å². The summed E-state index contributed by atoms with van der Waals surface area (Å²) in [7, 11) is 0. The van der Waals surface area contributed by atoms with Crippen molar-refractivity contribution in [1.29, 1.82) is 0 Å². The van der Waals surface area contributed by atoms with E-state index in [0.717, 1.165) is 0 Å². The van der Waals surface area contributed by atoms with Crippen molar-refractivity contribution in [2.75, 3.05) is 6.61 Å². The largest absolute Gasteiger partial charge is 0.833 e. The Bertz CT molecular complexity index is 328. The van der Waals surface area contributed by atoms with Gasteiger partial charge in [0.05, 0.1) is 6.61 Å². The molecule has 0 fully saturated rings. The second-order valence-electron chi connectivity index (χ2n) is 2.54. The highest BCUT2D eigenvalue weighted by molar-refractivity contribution is 5.84. The van der Waals surface area contributed by atoms with Crippen LogP contribution in [-0.4, -0.2) is 12.6 Å². The van der Waals surface area contributed by atoms with Gasteiger partial charge in [0.15, 0.2) is 6.08 Å². The zero-order chi connectivity index (χ0) is 10.4. The summed E-state index contributed by atoms with van der Waals surface area (Å²) in [5.41, 5.74) is 0.431. The summed E-state index contributed by atoms with van der Waals surface area (Å²) in [6.45, 7) is 1.92. The minimum Gasteiger partial charge on any atom is -0.833 e. The first-order valence-corrected chi connectivity index (χ1v) is 4.27. The number of esters is 1. The van der Waals surface area contributed by atoms with E-state index in [4.69, 9.17) is 0 Å². The van der Waals surface area contributed by atoms with E-state index in [1.165, 1.54) is 0 Å². The Hall–Kier alpha value is -1.86. The number of carbonyl (C=O) groups is 1. The predicted octanol–water partition coefficient (Wildman–Crippen LogP) is 0.754. The predicted molar refractivity (Wildman–Crippen MR) is 49.7 cm³/mol. The Morgan fingerprint density at radius 2 is 2.07 bits per heavy atom. The molecular weight excluding hydrogens is 180 g/mol. The van der Waals surface area contributed by atoms with Gasteiger partial charge in [-0.05, 0) is 19.1 Å². The molecule has 14 heavy (non-hydrogen) atoms. The molecule has 0 aliphatic carbocycles. The molecule has 0 N–H and O–H groups in total. The molecule has 1 rings (SSSR count). The summed E-state index contributed by atoms with van der Waals surface area (Å²) < 4.78 is 4.56. The number of rotatable bonds is 3. The lowest BCUT2D eigenvalue weighted by Crippen LogP contribution is -2.08. The molecule has 0 spiro atoms. The monoisotopic (exact) mass is 190 g/mol. The number of carbonyl (C=O) groups excluding carboxylic acids is 1. The summed E-state index contributed by atoms with van der Waals surface area (Å²) in [6.07, 6.45) is 2.10. The van der Waals surface area contributed by atoms with Crippen LogP contribution >= 0.6 is 0 Å². The Kier molecular flexibility index (Phi) is 3.65. The molecule has 0 radical (unpaired) electrons. The molecule has 0 saturated heterocycles. The zero-order valence-electron chi connectivity index (χ0n) is 7.82. The third kappa shape index (κ3) is 2.88. The fourth-order valence-electron chi connectivity index (χ4n) is 0.922. The standard InChI is InChI=1S/C11H10O3/c1-2-14-11(13)8-10(12)9-6-4-3-5-7-9/h3-7H,2H2,1H3.